The van der Waals surface area contributed by atoms with Crippen LogP contribution in [0.15, 0.2) is 17.3 Å². The van der Waals surface area contributed by atoms with Gasteiger partial charge in [0.15, 0.2) is 5.96 Å². The molecule has 1 amide bonds. The molecule has 0 unspecified atom stereocenters. The molecule has 7 nitrogen and oxygen atoms in total. The molecule has 3 N–H and O–H groups in total. The standard InChI is InChI=1S/C14H24N6O.HI/c1-10-16-7-6-11(19-10)8-17-13(15-5)18-9-12(21)20-14(2,3)4;/h6-7H,8-9H2,1-5H3,(H,20,21)(H2,15,17,18);1H. The van der Waals surface area contributed by atoms with Crippen LogP contribution in [-0.2, 0) is 11.3 Å². The average Bonchev–Trinajstić information content (AvgIpc) is 2.37. The van der Waals surface area contributed by atoms with Gasteiger partial charge in [-0.15, -0.1) is 24.0 Å². The zero-order chi connectivity index (χ0) is 15.9. The molecule has 0 aliphatic rings. The lowest BCUT2D eigenvalue weighted by atomic mass is 10.1. The molecule has 0 bridgehead atoms. The molecular weight excluding hydrogens is 395 g/mol. The van der Waals surface area contributed by atoms with Crippen molar-refractivity contribution in [1.29, 1.82) is 0 Å². The van der Waals surface area contributed by atoms with Crippen molar-refractivity contribution >= 4 is 35.8 Å². The van der Waals surface area contributed by atoms with Gasteiger partial charge in [-0.25, -0.2) is 9.97 Å². The van der Waals surface area contributed by atoms with E-state index in [1.54, 1.807) is 13.2 Å². The van der Waals surface area contributed by atoms with Crippen LogP contribution >= 0.6 is 24.0 Å². The molecule has 1 heterocycles. The first-order chi connectivity index (χ1) is 9.80. The molecule has 0 aromatic carbocycles. The first-order valence-corrected chi connectivity index (χ1v) is 6.84. The normalized spacial score (nSPS) is 11.4. The van der Waals surface area contributed by atoms with Gasteiger partial charge in [0.25, 0.3) is 0 Å². The third-order valence-electron chi connectivity index (χ3n) is 2.43. The van der Waals surface area contributed by atoms with E-state index in [9.17, 15) is 4.79 Å². The number of aliphatic imine (C=N–C) groups is 1. The zero-order valence-corrected chi connectivity index (χ0v) is 16.1. The quantitative estimate of drug-likeness (QED) is 0.384. The number of carbonyl (C=O) groups excluding carboxylic acids is 1. The Morgan fingerprint density at radius 3 is 2.55 bits per heavy atom. The molecule has 0 aliphatic carbocycles. The van der Waals surface area contributed by atoms with Crippen molar-refractivity contribution in [3.8, 4) is 0 Å². The molecular formula is C14H25IN6O. The largest absolute Gasteiger partial charge is 0.351 e. The molecule has 1 aromatic rings. The Bertz CT molecular complexity index is 512. The van der Waals surface area contributed by atoms with Crippen LogP contribution in [0.4, 0.5) is 0 Å². The molecule has 0 saturated carbocycles. The number of hydrogen-bond donors (Lipinski definition) is 3. The minimum Gasteiger partial charge on any atom is -0.351 e. The summed E-state index contributed by atoms with van der Waals surface area (Å²) in [6.45, 7) is 8.34. The van der Waals surface area contributed by atoms with Gasteiger partial charge in [0.1, 0.15) is 5.82 Å². The highest BCUT2D eigenvalue weighted by molar-refractivity contribution is 14.0. The smallest absolute Gasteiger partial charge is 0.239 e. The van der Waals surface area contributed by atoms with Crippen LogP contribution in [0.3, 0.4) is 0 Å². The summed E-state index contributed by atoms with van der Waals surface area (Å²) in [5.74, 6) is 1.19. The lowest BCUT2D eigenvalue weighted by Gasteiger charge is -2.21. The maximum atomic E-state index is 11.7. The van der Waals surface area contributed by atoms with Crippen LogP contribution in [0.5, 0.6) is 0 Å². The summed E-state index contributed by atoms with van der Waals surface area (Å²) in [7, 11) is 1.65. The number of guanidine groups is 1. The number of rotatable bonds is 4. The van der Waals surface area contributed by atoms with Gasteiger partial charge in [0.2, 0.25) is 5.91 Å². The van der Waals surface area contributed by atoms with E-state index in [1.165, 1.54) is 0 Å². The molecule has 124 valence electrons. The second kappa shape index (κ2) is 9.54. The summed E-state index contributed by atoms with van der Waals surface area (Å²) in [4.78, 5) is 24.1. The van der Waals surface area contributed by atoms with E-state index in [1.807, 2.05) is 33.8 Å². The van der Waals surface area contributed by atoms with Gasteiger partial charge in [-0.2, -0.15) is 0 Å². The first-order valence-electron chi connectivity index (χ1n) is 6.84. The molecule has 22 heavy (non-hydrogen) atoms. The van der Waals surface area contributed by atoms with Crippen molar-refractivity contribution in [1.82, 2.24) is 25.9 Å². The SMILES string of the molecule is CN=C(NCC(=O)NC(C)(C)C)NCc1ccnc(C)n1.I. The predicted molar refractivity (Wildman–Crippen MR) is 98.3 cm³/mol. The number of nitrogens with one attached hydrogen (secondary N) is 3. The molecule has 0 spiro atoms. The van der Waals surface area contributed by atoms with Crippen LogP contribution in [0.1, 0.15) is 32.3 Å². The molecule has 0 saturated heterocycles. The van der Waals surface area contributed by atoms with Crippen molar-refractivity contribution < 1.29 is 4.79 Å². The maximum Gasteiger partial charge on any atom is 0.239 e. The monoisotopic (exact) mass is 420 g/mol. The van der Waals surface area contributed by atoms with Crippen molar-refractivity contribution in [2.24, 2.45) is 4.99 Å². The third kappa shape index (κ3) is 8.75. The number of aryl methyl sites for hydroxylation is 1. The Kier molecular flexibility index (Phi) is 8.91. The van der Waals surface area contributed by atoms with E-state index in [2.05, 4.69) is 30.9 Å². The van der Waals surface area contributed by atoms with Gasteiger partial charge >= 0.3 is 0 Å². The Hall–Kier alpha value is -1.45. The van der Waals surface area contributed by atoms with Crippen molar-refractivity contribution in [2.45, 2.75) is 39.8 Å². The van der Waals surface area contributed by atoms with Crippen LogP contribution in [0.25, 0.3) is 0 Å². The highest BCUT2D eigenvalue weighted by atomic mass is 127. The van der Waals surface area contributed by atoms with Crippen LogP contribution < -0.4 is 16.0 Å². The minimum atomic E-state index is -0.242. The average molecular weight is 420 g/mol. The number of halogens is 1. The summed E-state index contributed by atoms with van der Waals surface area (Å²) >= 11 is 0. The van der Waals surface area contributed by atoms with E-state index < -0.39 is 0 Å². The van der Waals surface area contributed by atoms with Gasteiger partial charge in [0, 0.05) is 18.8 Å². The maximum absolute atomic E-state index is 11.7. The van der Waals surface area contributed by atoms with Gasteiger partial charge in [0.05, 0.1) is 18.8 Å². The summed E-state index contributed by atoms with van der Waals surface area (Å²) in [6, 6.07) is 1.83. The van der Waals surface area contributed by atoms with E-state index in [4.69, 9.17) is 0 Å². The summed E-state index contributed by atoms with van der Waals surface area (Å²) < 4.78 is 0. The summed E-state index contributed by atoms with van der Waals surface area (Å²) in [5.41, 5.74) is 0.623. The van der Waals surface area contributed by atoms with E-state index >= 15 is 0 Å². The van der Waals surface area contributed by atoms with Gasteiger partial charge in [-0.1, -0.05) is 0 Å². The summed E-state index contributed by atoms with van der Waals surface area (Å²) in [6.07, 6.45) is 1.71. The van der Waals surface area contributed by atoms with Crippen LogP contribution in [-0.4, -0.2) is 41.0 Å². The minimum absolute atomic E-state index is 0. The zero-order valence-electron chi connectivity index (χ0n) is 13.7. The van der Waals surface area contributed by atoms with Crippen LogP contribution in [0.2, 0.25) is 0 Å². The molecule has 0 aliphatic heterocycles. The fourth-order valence-corrected chi connectivity index (χ4v) is 1.62. The fourth-order valence-electron chi connectivity index (χ4n) is 1.62. The number of aromatic nitrogens is 2. The Labute approximate surface area is 148 Å². The highest BCUT2D eigenvalue weighted by Gasteiger charge is 2.13. The second-order valence-electron chi connectivity index (χ2n) is 5.67. The molecule has 1 aromatic heterocycles. The Morgan fingerprint density at radius 1 is 1.32 bits per heavy atom. The predicted octanol–water partition coefficient (Wildman–Crippen LogP) is 0.983. The van der Waals surface area contributed by atoms with Crippen molar-refractivity contribution in [3.05, 3.63) is 23.8 Å². The Balaban J connectivity index is 0.00000441. The van der Waals surface area contributed by atoms with E-state index in [0.29, 0.717) is 12.5 Å². The van der Waals surface area contributed by atoms with E-state index in [-0.39, 0.29) is 42.0 Å². The highest BCUT2D eigenvalue weighted by Crippen LogP contribution is 1.97. The number of hydrogen-bond acceptors (Lipinski definition) is 4. The van der Waals surface area contributed by atoms with Crippen molar-refractivity contribution in [3.63, 3.8) is 0 Å². The Morgan fingerprint density at radius 2 is 2.00 bits per heavy atom. The topological polar surface area (TPSA) is 91.3 Å². The van der Waals surface area contributed by atoms with Gasteiger partial charge < -0.3 is 16.0 Å². The molecule has 0 fully saturated rings. The fraction of sp³-hybridized carbons (Fsp3) is 0.571. The second-order valence-corrected chi connectivity index (χ2v) is 5.67. The van der Waals surface area contributed by atoms with Gasteiger partial charge in [-0.05, 0) is 33.8 Å². The molecule has 0 radical (unpaired) electrons. The number of carbonyl (C=O) groups is 1. The lowest BCUT2D eigenvalue weighted by Crippen LogP contribution is -2.48. The lowest BCUT2D eigenvalue weighted by molar-refractivity contribution is -0.121. The number of amides is 1. The number of nitrogens with zero attached hydrogens (tertiary/aromatic N) is 3. The third-order valence-corrected chi connectivity index (χ3v) is 2.43. The molecule has 1 rings (SSSR count). The molecule has 0 atom stereocenters. The first kappa shape index (κ1) is 20.6. The van der Waals surface area contributed by atoms with Crippen LogP contribution in [0, 0.1) is 6.92 Å². The van der Waals surface area contributed by atoms with E-state index in [0.717, 1.165) is 11.5 Å². The van der Waals surface area contributed by atoms with Crippen molar-refractivity contribution in [2.75, 3.05) is 13.6 Å². The van der Waals surface area contributed by atoms with Gasteiger partial charge in [-0.3, -0.25) is 9.79 Å². The molecule has 8 heteroatoms. The summed E-state index contributed by atoms with van der Waals surface area (Å²) in [5, 5.41) is 8.93.